The normalized spacial score (nSPS) is 14.4. The fourth-order valence-electron chi connectivity index (χ4n) is 1.68. The van der Waals surface area contributed by atoms with Gasteiger partial charge in [0, 0.05) is 25.0 Å². The summed E-state index contributed by atoms with van der Waals surface area (Å²) in [6, 6.07) is 4.07. The van der Waals surface area contributed by atoms with Crippen molar-refractivity contribution in [3.05, 3.63) is 30.1 Å². The molecule has 0 bridgehead atoms. The average Bonchev–Trinajstić information content (AvgIpc) is 2.45. The Morgan fingerprint density at radius 1 is 1.30 bits per heavy atom. The molecular formula is C15H26N2O3. The van der Waals surface area contributed by atoms with E-state index in [1.54, 1.807) is 6.20 Å². The Morgan fingerprint density at radius 2 is 2.10 bits per heavy atom. The number of pyridine rings is 1. The highest BCUT2D eigenvalue weighted by atomic mass is 16.5. The predicted molar refractivity (Wildman–Crippen MR) is 78.6 cm³/mol. The minimum Gasteiger partial charge on any atom is -0.389 e. The van der Waals surface area contributed by atoms with Crippen LogP contribution in [0.2, 0.25) is 0 Å². The fraction of sp³-hybridized carbons (Fsp3) is 0.667. The zero-order valence-electron chi connectivity index (χ0n) is 12.6. The van der Waals surface area contributed by atoms with Crippen LogP contribution in [0, 0.1) is 0 Å². The number of aromatic nitrogens is 1. The summed E-state index contributed by atoms with van der Waals surface area (Å²) in [5, 5.41) is 13.1. The topological polar surface area (TPSA) is 63.6 Å². The first-order valence-electron chi connectivity index (χ1n) is 7.10. The van der Waals surface area contributed by atoms with Crippen molar-refractivity contribution in [2.45, 2.75) is 39.0 Å². The quantitative estimate of drug-likeness (QED) is 0.637. The highest BCUT2D eigenvalue weighted by Gasteiger charge is 2.09. The van der Waals surface area contributed by atoms with Gasteiger partial charge in [0.15, 0.2) is 0 Å². The molecule has 0 radical (unpaired) electrons. The van der Waals surface area contributed by atoms with Gasteiger partial charge < -0.3 is 19.9 Å². The minimum atomic E-state index is -0.520. The Labute approximate surface area is 121 Å². The Bertz CT molecular complexity index is 346. The summed E-state index contributed by atoms with van der Waals surface area (Å²) < 4.78 is 10.7. The van der Waals surface area contributed by atoms with E-state index in [1.807, 2.05) is 39.1 Å². The molecular weight excluding hydrogens is 256 g/mol. The summed E-state index contributed by atoms with van der Waals surface area (Å²) >= 11 is 0. The molecule has 0 saturated heterocycles. The molecule has 1 aromatic rings. The molecule has 2 N–H and O–H groups in total. The van der Waals surface area contributed by atoms with E-state index in [1.165, 1.54) is 0 Å². The minimum absolute atomic E-state index is 0.155. The number of hydrogen-bond donors (Lipinski definition) is 2. The van der Waals surface area contributed by atoms with E-state index in [0.29, 0.717) is 26.4 Å². The lowest BCUT2D eigenvalue weighted by molar-refractivity contribution is -0.0104. The van der Waals surface area contributed by atoms with Crippen LogP contribution in [-0.2, 0) is 9.47 Å². The largest absolute Gasteiger partial charge is 0.389 e. The van der Waals surface area contributed by atoms with Crippen LogP contribution < -0.4 is 5.32 Å². The van der Waals surface area contributed by atoms with E-state index >= 15 is 0 Å². The lowest BCUT2D eigenvalue weighted by Crippen LogP contribution is -2.32. The first kappa shape index (κ1) is 17.0. The second-order valence-electron chi connectivity index (χ2n) is 5.06. The van der Waals surface area contributed by atoms with Crippen LogP contribution in [0.4, 0.5) is 0 Å². The molecule has 0 saturated carbocycles. The van der Waals surface area contributed by atoms with Crippen LogP contribution >= 0.6 is 0 Å². The van der Waals surface area contributed by atoms with Crippen molar-refractivity contribution in [3.63, 3.8) is 0 Å². The van der Waals surface area contributed by atoms with Crippen molar-refractivity contribution < 1.29 is 14.6 Å². The second kappa shape index (κ2) is 9.83. The maximum absolute atomic E-state index is 9.81. The molecule has 0 aliphatic carbocycles. The Hall–Kier alpha value is -1.01. The van der Waals surface area contributed by atoms with Gasteiger partial charge in [-0.2, -0.15) is 0 Å². The smallest absolute Gasteiger partial charge is 0.0897 e. The van der Waals surface area contributed by atoms with Crippen molar-refractivity contribution in [1.82, 2.24) is 10.3 Å². The van der Waals surface area contributed by atoms with E-state index in [4.69, 9.17) is 9.47 Å². The van der Waals surface area contributed by atoms with E-state index < -0.39 is 6.10 Å². The summed E-state index contributed by atoms with van der Waals surface area (Å²) in [6.45, 7) is 7.88. The van der Waals surface area contributed by atoms with Gasteiger partial charge in [-0.15, -0.1) is 0 Å². The van der Waals surface area contributed by atoms with Crippen molar-refractivity contribution >= 4 is 0 Å². The summed E-state index contributed by atoms with van der Waals surface area (Å²) in [6.07, 6.45) is 3.26. The third kappa shape index (κ3) is 7.55. The summed E-state index contributed by atoms with van der Waals surface area (Å²) in [5.74, 6) is 0. The second-order valence-corrected chi connectivity index (χ2v) is 5.06. The van der Waals surface area contributed by atoms with Gasteiger partial charge in [-0.25, -0.2) is 0 Å². The molecule has 0 spiro atoms. The molecule has 1 aromatic heterocycles. The predicted octanol–water partition coefficient (Wildman–Crippen LogP) is 1.53. The van der Waals surface area contributed by atoms with E-state index in [-0.39, 0.29) is 12.1 Å². The molecule has 0 aliphatic rings. The first-order valence-corrected chi connectivity index (χ1v) is 7.10. The van der Waals surface area contributed by atoms with Gasteiger partial charge in [0.2, 0.25) is 0 Å². The highest BCUT2D eigenvalue weighted by Crippen LogP contribution is 2.09. The van der Waals surface area contributed by atoms with Crippen molar-refractivity contribution in [3.8, 4) is 0 Å². The number of ether oxygens (including phenoxy) is 2. The number of nitrogens with zero attached hydrogens (tertiary/aromatic N) is 1. The molecule has 0 fully saturated rings. The SMILES string of the molecule is CC(C)OCCOCC(O)CN[C@H](C)c1cccnc1. The lowest BCUT2D eigenvalue weighted by Gasteiger charge is -2.17. The standard InChI is InChI=1S/C15H26N2O3/c1-12(2)20-8-7-19-11-15(18)10-17-13(3)14-5-4-6-16-9-14/h4-6,9,12-13,15,17-18H,7-8,10-11H2,1-3H3/t13-,15?/m1/s1. The van der Waals surface area contributed by atoms with E-state index in [2.05, 4.69) is 10.3 Å². The fourth-order valence-corrected chi connectivity index (χ4v) is 1.68. The van der Waals surface area contributed by atoms with Crippen LogP contribution in [0.15, 0.2) is 24.5 Å². The van der Waals surface area contributed by atoms with Gasteiger partial charge in [-0.3, -0.25) is 4.98 Å². The number of nitrogens with one attached hydrogen (secondary N) is 1. The van der Waals surface area contributed by atoms with Gasteiger partial charge in [-0.1, -0.05) is 6.07 Å². The van der Waals surface area contributed by atoms with Crippen LogP contribution in [0.1, 0.15) is 32.4 Å². The summed E-state index contributed by atoms with van der Waals surface area (Å²) in [5.41, 5.74) is 1.10. The number of aliphatic hydroxyl groups is 1. The number of hydrogen-bond acceptors (Lipinski definition) is 5. The van der Waals surface area contributed by atoms with Crippen LogP contribution in [0.25, 0.3) is 0 Å². The van der Waals surface area contributed by atoms with Gasteiger partial charge in [0.05, 0.1) is 32.0 Å². The van der Waals surface area contributed by atoms with E-state index in [0.717, 1.165) is 5.56 Å². The molecule has 20 heavy (non-hydrogen) atoms. The van der Waals surface area contributed by atoms with Crippen molar-refractivity contribution in [2.75, 3.05) is 26.4 Å². The molecule has 0 amide bonds. The Kier molecular flexibility index (Phi) is 8.37. The summed E-state index contributed by atoms with van der Waals surface area (Å²) in [7, 11) is 0. The monoisotopic (exact) mass is 282 g/mol. The molecule has 0 aliphatic heterocycles. The Morgan fingerprint density at radius 3 is 2.75 bits per heavy atom. The third-order valence-corrected chi connectivity index (χ3v) is 2.83. The Balaban J connectivity index is 2.09. The maximum Gasteiger partial charge on any atom is 0.0897 e. The van der Waals surface area contributed by atoms with Crippen LogP contribution in [0.5, 0.6) is 0 Å². The molecule has 5 nitrogen and oxygen atoms in total. The zero-order valence-corrected chi connectivity index (χ0v) is 12.6. The van der Waals surface area contributed by atoms with E-state index in [9.17, 15) is 5.11 Å². The third-order valence-electron chi connectivity index (χ3n) is 2.83. The molecule has 2 atom stereocenters. The van der Waals surface area contributed by atoms with Crippen molar-refractivity contribution in [2.24, 2.45) is 0 Å². The van der Waals surface area contributed by atoms with Gasteiger partial charge in [0.1, 0.15) is 0 Å². The average molecular weight is 282 g/mol. The molecule has 5 heteroatoms. The lowest BCUT2D eigenvalue weighted by atomic mass is 10.1. The molecule has 1 heterocycles. The van der Waals surface area contributed by atoms with Crippen LogP contribution in [0.3, 0.4) is 0 Å². The molecule has 114 valence electrons. The number of aliphatic hydroxyl groups excluding tert-OH is 1. The highest BCUT2D eigenvalue weighted by molar-refractivity contribution is 5.12. The zero-order chi connectivity index (χ0) is 14.8. The molecule has 1 rings (SSSR count). The van der Waals surface area contributed by atoms with Crippen molar-refractivity contribution in [1.29, 1.82) is 0 Å². The summed E-state index contributed by atoms with van der Waals surface area (Å²) in [4.78, 5) is 4.08. The molecule has 1 unspecified atom stereocenters. The van der Waals surface area contributed by atoms with Gasteiger partial charge in [-0.05, 0) is 32.4 Å². The van der Waals surface area contributed by atoms with Gasteiger partial charge in [0.25, 0.3) is 0 Å². The van der Waals surface area contributed by atoms with Gasteiger partial charge >= 0.3 is 0 Å². The maximum atomic E-state index is 9.81. The first-order chi connectivity index (χ1) is 9.59. The number of rotatable bonds is 10. The van der Waals surface area contributed by atoms with Crippen LogP contribution in [-0.4, -0.2) is 48.7 Å². The molecule has 0 aromatic carbocycles.